The molecule has 1 unspecified atom stereocenters. The number of aryl methyl sites for hydroxylation is 1. The third-order valence-corrected chi connectivity index (χ3v) is 3.57. The van der Waals surface area contributed by atoms with Crippen molar-refractivity contribution in [1.82, 2.24) is 0 Å². The summed E-state index contributed by atoms with van der Waals surface area (Å²) in [4.78, 5) is 13.6. The third-order valence-electron chi connectivity index (χ3n) is 3.57. The van der Waals surface area contributed by atoms with Crippen molar-refractivity contribution in [3.05, 3.63) is 29.8 Å². The summed E-state index contributed by atoms with van der Waals surface area (Å²) in [6, 6.07) is 8.01. The van der Waals surface area contributed by atoms with Gasteiger partial charge in [0.25, 0.3) is 0 Å². The van der Waals surface area contributed by atoms with E-state index in [2.05, 4.69) is 6.92 Å². The molecule has 1 atom stereocenters. The van der Waals surface area contributed by atoms with Crippen molar-refractivity contribution in [2.24, 2.45) is 0 Å². The highest BCUT2D eigenvalue weighted by Gasteiger charge is 2.31. The molecule has 1 aromatic carbocycles. The van der Waals surface area contributed by atoms with Gasteiger partial charge in [-0.1, -0.05) is 38.3 Å². The number of amides is 1. The summed E-state index contributed by atoms with van der Waals surface area (Å²) in [5.41, 5.74) is 2.11. The van der Waals surface area contributed by atoms with E-state index in [-0.39, 0.29) is 12.2 Å². The third kappa shape index (κ3) is 3.72. The van der Waals surface area contributed by atoms with Crippen LogP contribution in [0.3, 0.4) is 0 Å². The van der Waals surface area contributed by atoms with Crippen molar-refractivity contribution < 1.29 is 9.53 Å². The molecule has 3 heteroatoms. The van der Waals surface area contributed by atoms with Gasteiger partial charge in [0.05, 0.1) is 6.54 Å². The first-order chi connectivity index (χ1) is 9.20. The molecule has 0 saturated carbocycles. The van der Waals surface area contributed by atoms with E-state index in [1.165, 1.54) is 19.3 Å². The van der Waals surface area contributed by atoms with Crippen molar-refractivity contribution in [3.8, 4) is 0 Å². The van der Waals surface area contributed by atoms with E-state index in [1.807, 2.05) is 31.2 Å². The van der Waals surface area contributed by atoms with E-state index in [1.54, 1.807) is 4.90 Å². The molecule has 0 radical (unpaired) electrons. The van der Waals surface area contributed by atoms with Crippen LogP contribution in [0, 0.1) is 6.92 Å². The van der Waals surface area contributed by atoms with Crippen molar-refractivity contribution in [1.29, 1.82) is 0 Å². The van der Waals surface area contributed by atoms with Gasteiger partial charge in [-0.3, -0.25) is 4.90 Å². The lowest BCUT2D eigenvalue weighted by molar-refractivity contribution is 0.135. The molecule has 1 amide bonds. The predicted octanol–water partition coefficient (Wildman–Crippen LogP) is 4.29. The number of hydrogen-bond acceptors (Lipinski definition) is 2. The van der Waals surface area contributed by atoms with Crippen LogP contribution in [0.1, 0.15) is 44.6 Å². The number of benzene rings is 1. The van der Waals surface area contributed by atoms with Gasteiger partial charge in [0.2, 0.25) is 0 Å². The molecule has 0 bridgehead atoms. The average Bonchev–Trinajstić information content (AvgIpc) is 2.76. The highest BCUT2D eigenvalue weighted by Crippen LogP contribution is 2.24. The Morgan fingerprint density at radius 3 is 2.89 bits per heavy atom. The number of cyclic esters (lactones) is 1. The van der Waals surface area contributed by atoms with Gasteiger partial charge < -0.3 is 4.74 Å². The minimum atomic E-state index is -0.203. The topological polar surface area (TPSA) is 29.5 Å². The molecule has 104 valence electrons. The summed E-state index contributed by atoms with van der Waals surface area (Å²) in [6.45, 7) is 4.93. The number of unbranched alkanes of at least 4 members (excludes halogenated alkanes) is 3. The summed E-state index contributed by atoms with van der Waals surface area (Å²) in [7, 11) is 0. The summed E-state index contributed by atoms with van der Waals surface area (Å²) in [5.74, 6) is 0. The molecule has 0 spiro atoms. The van der Waals surface area contributed by atoms with Crippen LogP contribution in [0.15, 0.2) is 24.3 Å². The molecule has 2 rings (SSSR count). The first kappa shape index (κ1) is 13.9. The number of hydrogen-bond donors (Lipinski definition) is 0. The second-order valence-corrected chi connectivity index (χ2v) is 5.30. The normalized spacial score (nSPS) is 18.7. The van der Waals surface area contributed by atoms with Gasteiger partial charge in [0.15, 0.2) is 0 Å². The maximum atomic E-state index is 11.9. The Balaban J connectivity index is 1.89. The zero-order valence-corrected chi connectivity index (χ0v) is 11.9. The number of nitrogens with zero attached hydrogens (tertiary/aromatic N) is 1. The van der Waals surface area contributed by atoms with Crippen molar-refractivity contribution >= 4 is 11.8 Å². The SMILES string of the molecule is CCCCCCC1CN(c2cccc(C)c2)C(=O)O1. The molecule has 19 heavy (non-hydrogen) atoms. The largest absolute Gasteiger partial charge is 0.444 e. The second kappa shape index (κ2) is 6.60. The van der Waals surface area contributed by atoms with Gasteiger partial charge in [0.1, 0.15) is 6.10 Å². The molecule has 0 N–H and O–H groups in total. The number of anilines is 1. The maximum Gasteiger partial charge on any atom is 0.414 e. The van der Waals surface area contributed by atoms with Gasteiger partial charge in [-0.15, -0.1) is 0 Å². The van der Waals surface area contributed by atoms with Crippen LogP contribution < -0.4 is 4.90 Å². The minimum Gasteiger partial charge on any atom is -0.444 e. The highest BCUT2D eigenvalue weighted by molar-refractivity contribution is 5.89. The van der Waals surface area contributed by atoms with Crippen molar-refractivity contribution in [3.63, 3.8) is 0 Å². The van der Waals surface area contributed by atoms with Crippen LogP contribution in [-0.4, -0.2) is 18.7 Å². The molecule has 0 aliphatic carbocycles. The van der Waals surface area contributed by atoms with Gasteiger partial charge in [0, 0.05) is 5.69 Å². The Kier molecular flexibility index (Phi) is 4.83. The van der Waals surface area contributed by atoms with Gasteiger partial charge in [-0.25, -0.2) is 4.79 Å². The second-order valence-electron chi connectivity index (χ2n) is 5.30. The fourth-order valence-corrected chi connectivity index (χ4v) is 2.48. The Hall–Kier alpha value is -1.51. The van der Waals surface area contributed by atoms with E-state index in [9.17, 15) is 4.79 Å². The molecule has 1 aliphatic rings. The summed E-state index contributed by atoms with van der Waals surface area (Å²) < 4.78 is 5.44. The quantitative estimate of drug-likeness (QED) is 0.715. The molecular formula is C16H23NO2. The Bertz CT molecular complexity index is 431. The number of carbonyl (C=O) groups is 1. The van der Waals surface area contributed by atoms with Crippen LogP contribution >= 0.6 is 0 Å². The molecule has 1 aliphatic heterocycles. The lowest BCUT2D eigenvalue weighted by Crippen LogP contribution is -2.24. The van der Waals surface area contributed by atoms with Crippen LogP contribution in [-0.2, 0) is 4.74 Å². The minimum absolute atomic E-state index is 0.0601. The van der Waals surface area contributed by atoms with E-state index < -0.39 is 0 Å². The summed E-state index contributed by atoms with van der Waals surface area (Å²) >= 11 is 0. The molecular weight excluding hydrogens is 238 g/mol. The van der Waals surface area contributed by atoms with E-state index in [4.69, 9.17) is 4.74 Å². The molecule has 0 aromatic heterocycles. The summed E-state index contributed by atoms with van der Waals surface area (Å²) in [5, 5.41) is 0. The fourth-order valence-electron chi connectivity index (χ4n) is 2.48. The number of rotatable bonds is 6. The number of ether oxygens (including phenoxy) is 1. The summed E-state index contributed by atoms with van der Waals surface area (Å²) in [6.07, 6.45) is 5.72. The smallest absolute Gasteiger partial charge is 0.414 e. The van der Waals surface area contributed by atoms with Gasteiger partial charge >= 0.3 is 6.09 Å². The molecule has 1 saturated heterocycles. The zero-order chi connectivity index (χ0) is 13.7. The standard InChI is InChI=1S/C16H23NO2/c1-3-4-5-6-10-15-12-17(16(18)19-15)14-9-7-8-13(2)11-14/h7-9,11,15H,3-6,10,12H2,1-2H3. The fraction of sp³-hybridized carbons (Fsp3) is 0.562. The van der Waals surface area contributed by atoms with Crippen molar-refractivity contribution in [2.75, 3.05) is 11.4 Å². The molecule has 1 fully saturated rings. The maximum absolute atomic E-state index is 11.9. The van der Waals surface area contributed by atoms with Gasteiger partial charge in [-0.2, -0.15) is 0 Å². The van der Waals surface area contributed by atoms with Crippen LogP contribution in [0.4, 0.5) is 10.5 Å². The Morgan fingerprint density at radius 2 is 2.16 bits per heavy atom. The van der Waals surface area contributed by atoms with Crippen LogP contribution in [0.5, 0.6) is 0 Å². The number of carbonyl (C=O) groups excluding carboxylic acids is 1. The van der Waals surface area contributed by atoms with E-state index in [0.29, 0.717) is 6.54 Å². The monoisotopic (exact) mass is 261 g/mol. The Morgan fingerprint density at radius 1 is 1.32 bits per heavy atom. The lowest BCUT2D eigenvalue weighted by Gasteiger charge is -2.13. The predicted molar refractivity (Wildman–Crippen MR) is 77.6 cm³/mol. The van der Waals surface area contributed by atoms with Gasteiger partial charge in [-0.05, 0) is 37.5 Å². The Labute approximate surface area is 115 Å². The average molecular weight is 261 g/mol. The first-order valence-electron chi connectivity index (χ1n) is 7.25. The van der Waals surface area contributed by atoms with Crippen LogP contribution in [0.2, 0.25) is 0 Å². The highest BCUT2D eigenvalue weighted by atomic mass is 16.6. The van der Waals surface area contributed by atoms with E-state index in [0.717, 1.165) is 24.1 Å². The molecule has 1 aromatic rings. The molecule has 1 heterocycles. The van der Waals surface area contributed by atoms with E-state index >= 15 is 0 Å². The van der Waals surface area contributed by atoms with Crippen LogP contribution in [0.25, 0.3) is 0 Å². The lowest BCUT2D eigenvalue weighted by atomic mass is 10.1. The first-order valence-corrected chi connectivity index (χ1v) is 7.25. The van der Waals surface area contributed by atoms with Crippen molar-refractivity contribution in [2.45, 2.75) is 52.1 Å². The zero-order valence-electron chi connectivity index (χ0n) is 11.9. The molecule has 3 nitrogen and oxygen atoms in total.